The van der Waals surface area contributed by atoms with Crippen LogP contribution in [0.25, 0.3) is 0 Å². The number of hydrogen-bond donors (Lipinski definition) is 1. The number of aliphatic imine (C=N–C) groups is 1. The molecule has 0 saturated carbocycles. The summed E-state index contributed by atoms with van der Waals surface area (Å²) in [6, 6.07) is 13.0. The highest BCUT2D eigenvalue weighted by Crippen LogP contribution is 2.28. The Morgan fingerprint density at radius 2 is 1.85 bits per heavy atom. The van der Waals surface area contributed by atoms with Crippen LogP contribution in [-0.4, -0.2) is 36.9 Å². The van der Waals surface area contributed by atoms with Gasteiger partial charge in [-0.2, -0.15) is 0 Å². The van der Waals surface area contributed by atoms with Crippen LogP contribution in [0.2, 0.25) is 0 Å². The lowest BCUT2D eigenvalue weighted by Crippen LogP contribution is -2.45. The number of esters is 1. The van der Waals surface area contributed by atoms with Gasteiger partial charge in [-0.1, -0.05) is 30.3 Å². The van der Waals surface area contributed by atoms with E-state index >= 15 is 0 Å². The van der Waals surface area contributed by atoms with E-state index in [1.807, 2.05) is 0 Å². The average molecular weight is 355 g/mol. The molecule has 2 aromatic rings. The minimum atomic E-state index is -1.26. The predicted molar refractivity (Wildman–Crippen MR) is 95.4 cm³/mol. The molecule has 1 aliphatic heterocycles. The molecule has 2 aromatic carbocycles. The van der Waals surface area contributed by atoms with Crippen LogP contribution in [0.4, 0.5) is 10.1 Å². The molecule has 0 saturated heterocycles. The van der Waals surface area contributed by atoms with Crippen LogP contribution in [0.5, 0.6) is 0 Å². The molecule has 1 amide bonds. The Morgan fingerprint density at radius 3 is 2.54 bits per heavy atom. The van der Waals surface area contributed by atoms with E-state index in [9.17, 15) is 14.0 Å². The first-order chi connectivity index (χ1) is 12.5. The maximum atomic E-state index is 14.3. The average Bonchev–Trinajstić information content (AvgIpc) is 2.73. The Morgan fingerprint density at radius 1 is 1.19 bits per heavy atom. The molecule has 0 spiro atoms. The third kappa shape index (κ3) is 3.34. The zero-order chi connectivity index (χ0) is 18.7. The molecule has 1 aliphatic rings. The van der Waals surface area contributed by atoms with Crippen molar-refractivity contribution < 1.29 is 18.7 Å². The normalized spacial score (nSPS) is 16.6. The second-order valence-electron chi connectivity index (χ2n) is 5.65. The van der Waals surface area contributed by atoms with Crippen LogP contribution in [0, 0.1) is 5.82 Å². The third-order valence-corrected chi connectivity index (χ3v) is 3.96. The highest BCUT2D eigenvalue weighted by molar-refractivity contribution is 6.20. The van der Waals surface area contributed by atoms with Crippen molar-refractivity contribution in [1.29, 1.82) is 0 Å². The van der Waals surface area contributed by atoms with E-state index in [0.717, 1.165) is 0 Å². The van der Waals surface area contributed by atoms with Gasteiger partial charge in [0.05, 0.1) is 18.0 Å². The van der Waals surface area contributed by atoms with Gasteiger partial charge in [0.25, 0.3) is 5.91 Å². The van der Waals surface area contributed by atoms with Crippen LogP contribution in [-0.2, 0) is 14.3 Å². The largest absolute Gasteiger partial charge is 0.465 e. The van der Waals surface area contributed by atoms with Crippen LogP contribution in [0.1, 0.15) is 18.1 Å². The van der Waals surface area contributed by atoms with E-state index in [-0.39, 0.29) is 24.4 Å². The summed E-state index contributed by atoms with van der Waals surface area (Å²) in [5.41, 5.74) is 7.38. The van der Waals surface area contributed by atoms with Gasteiger partial charge in [-0.25, -0.2) is 4.39 Å². The highest BCUT2D eigenvalue weighted by atomic mass is 19.1. The van der Waals surface area contributed by atoms with E-state index in [2.05, 4.69) is 4.99 Å². The van der Waals surface area contributed by atoms with Crippen molar-refractivity contribution in [2.45, 2.75) is 13.1 Å². The van der Waals surface area contributed by atoms with Crippen LogP contribution in [0.15, 0.2) is 53.5 Å². The number of amides is 1. The molecule has 1 heterocycles. The van der Waals surface area contributed by atoms with Crippen molar-refractivity contribution in [2.75, 3.05) is 18.1 Å². The molecule has 0 radical (unpaired) electrons. The van der Waals surface area contributed by atoms with Gasteiger partial charge in [-0.15, -0.1) is 0 Å². The first kappa shape index (κ1) is 17.8. The van der Waals surface area contributed by atoms with E-state index < -0.39 is 23.9 Å². The van der Waals surface area contributed by atoms with Gasteiger partial charge < -0.3 is 10.5 Å². The van der Waals surface area contributed by atoms with E-state index in [1.54, 1.807) is 49.4 Å². The number of benzene rings is 2. The number of ether oxygens (including phenoxy) is 1. The van der Waals surface area contributed by atoms with E-state index in [4.69, 9.17) is 10.5 Å². The minimum absolute atomic E-state index is 0.200. The monoisotopic (exact) mass is 355 g/mol. The summed E-state index contributed by atoms with van der Waals surface area (Å²) >= 11 is 0. The summed E-state index contributed by atoms with van der Waals surface area (Å²) in [6.45, 7) is 1.59. The van der Waals surface area contributed by atoms with Gasteiger partial charge in [-0.3, -0.25) is 19.5 Å². The van der Waals surface area contributed by atoms with Gasteiger partial charge in [0.15, 0.2) is 6.17 Å². The SMILES string of the molecule is CCOC(=O)CN1C(=O)C(N)N=C(c2ccccc2F)c2ccccc21. The van der Waals surface area contributed by atoms with Crippen molar-refractivity contribution in [3.05, 3.63) is 65.5 Å². The molecule has 0 fully saturated rings. The van der Waals surface area contributed by atoms with Crippen molar-refractivity contribution in [3.8, 4) is 0 Å². The number of benzodiazepines with no additional fused rings is 1. The van der Waals surface area contributed by atoms with Gasteiger partial charge >= 0.3 is 5.97 Å². The number of anilines is 1. The Kier molecular flexibility index (Phi) is 5.09. The smallest absolute Gasteiger partial charge is 0.326 e. The number of halogens is 1. The molecular formula is C19H18FN3O3. The Bertz CT molecular complexity index is 882. The molecule has 26 heavy (non-hydrogen) atoms. The number of carbonyl (C=O) groups excluding carboxylic acids is 2. The number of para-hydroxylation sites is 1. The van der Waals surface area contributed by atoms with Gasteiger partial charge in [0.2, 0.25) is 0 Å². The zero-order valence-electron chi connectivity index (χ0n) is 14.2. The molecule has 6 nitrogen and oxygen atoms in total. The number of hydrogen-bond acceptors (Lipinski definition) is 5. The molecule has 0 aliphatic carbocycles. The van der Waals surface area contributed by atoms with Crippen LogP contribution in [0.3, 0.4) is 0 Å². The Hall–Kier alpha value is -3.06. The topological polar surface area (TPSA) is 85.0 Å². The predicted octanol–water partition coefficient (Wildman–Crippen LogP) is 1.86. The summed E-state index contributed by atoms with van der Waals surface area (Å²) in [7, 11) is 0. The molecule has 2 N–H and O–H groups in total. The van der Waals surface area contributed by atoms with Crippen LogP contribution >= 0.6 is 0 Å². The molecule has 1 unspecified atom stereocenters. The lowest BCUT2D eigenvalue weighted by molar-refractivity contribution is -0.142. The lowest BCUT2D eigenvalue weighted by Gasteiger charge is -2.23. The standard InChI is InChI=1S/C19H18FN3O3/c1-2-26-16(24)11-23-15-10-6-4-8-13(15)17(22-18(21)19(23)25)12-7-3-5-9-14(12)20/h3-10,18H,2,11,21H2,1H3. The van der Waals surface area contributed by atoms with Crippen LogP contribution < -0.4 is 10.6 Å². The number of rotatable bonds is 4. The molecule has 134 valence electrons. The summed E-state index contributed by atoms with van der Waals surface area (Å²) in [5.74, 6) is -1.59. The highest BCUT2D eigenvalue weighted by Gasteiger charge is 2.32. The second-order valence-corrected chi connectivity index (χ2v) is 5.65. The quantitative estimate of drug-likeness (QED) is 0.849. The van der Waals surface area contributed by atoms with Crippen molar-refractivity contribution in [3.63, 3.8) is 0 Å². The van der Waals surface area contributed by atoms with E-state index in [0.29, 0.717) is 11.3 Å². The summed E-state index contributed by atoms with van der Waals surface area (Å²) < 4.78 is 19.3. The molecule has 3 rings (SSSR count). The minimum Gasteiger partial charge on any atom is -0.465 e. The van der Waals surface area contributed by atoms with Crippen molar-refractivity contribution in [2.24, 2.45) is 10.7 Å². The van der Waals surface area contributed by atoms with Crippen molar-refractivity contribution >= 4 is 23.3 Å². The number of nitrogens with zero attached hydrogens (tertiary/aromatic N) is 2. The molecule has 0 aromatic heterocycles. The summed E-state index contributed by atoms with van der Waals surface area (Å²) in [4.78, 5) is 30.1. The Balaban J connectivity index is 2.13. The molecular weight excluding hydrogens is 337 g/mol. The second kappa shape index (κ2) is 7.45. The molecule has 7 heteroatoms. The fourth-order valence-electron chi connectivity index (χ4n) is 2.82. The van der Waals surface area contributed by atoms with Gasteiger partial charge in [0.1, 0.15) is 12.4 Å². The molecule has 0 bridgehead atoms. The van der Waals surface area contributed by atoms with Gasteiger partial charge in [0, 0.05) is 11.1 Å². The van der Waals surface area contributed by atoms with Crippen molar-refractivity contribution in [1.82, 2.24) is 0 Å². The fourth-order valence-corrected chi connectivity index (χ4v) is 2.82. The first-order valence-electron chi connectivity index (χ1n) is 8.17. The molecule has 1 atom stereocenters. The summed E-state index contributed by atoms with van der Waals surface area (Å²) in [5, 5.41) is 0. The first-order valence-corrected chi connectivity index (χ1v) is 8.17. The number of nitrogens with two attached hydrogens (primary N) is 1. The number of fused-ring (bicyclic) bond motifs is 1. The third-order valence-electron chi connectivity index (χ3n) is 3.96. The maximum Gasteiger partial charge on any atom is 0.326 e. The van der Waals surface area contributed by atoms with Gasteiger partial charge in [-0.05, 0) is 25.1 Å². The zero-order valence-corrected chi connectivity index (χ0v) is 14.2. The number of carbonyl (C=O) groups is 2. The Labute approximate surface area is 150 Å². The van der Waals surface area contributed by atoms with E-state index in [1.165, 1.54) is 11.0 Å². The lowest BCUT2D eigenvalue weighted by atomic mass is 10.00. The maximum absolute atomic E-state index is 14.3. The fraction of sp³-hybridized carbons (Fsp3) is 0.211. The summed E-state index contributed by atoms with van der Waals surface area (Å²) in [6.07, 6.45) is -1.26.